The Hall–Kier alpha value is -3.72. The predicted molar refractivity (Wildman–Crippen MR) is 109 cm³/mol. The number of anilines is 2. The summed E-state index contributed by atoms with van der Waals surface area (Å²) in [6, 6.07) is 8.46. The van der Waals surface area contributed by atoms with Gasteiger partial charge in [-0.3, -0.25) is 0 Å². The van der Waals surface area contributed by atoms with Crippen LogP contribution in [0.2, 0.25) is 0 Å². The number of aromatic nitrogens is 5. The van der Waals surface area contributed by atoms with Gasteiger partial charge in [-0.05, 0) is 18.6 Å². The molecule has 4 aromatic rings. The molecule has 0 bridgehead atoms. The van der Waals surface area contributed by atoms with Gasteiger partial charge in [0.15, 0.2) is 11.5 Å². The number of nitrogens with two attached hydrogens (primary N) is 1. The number of fused-ring (bicyclic) bond motifs is 1. The van der Waals surface area contributed by atoms with Crippen molar-refractivity contribution in [1.29, 1.82) is 5.26 Å². The van der Waals surface area contributed by atoms with Crippen molar-refractivity contribution in [2.75, 3.05) is 17.6 Å². The molecule has 3 heterocycles. The van der Waals surface area contributed by atoms with E-state index in [1.807, 2.05) is 6.07 Å². The highest BCUT2D eigenvalue weighted by Crippen LogP contribution is 2.31. The van der Waals surface area contributed by atoms with Crippen LogP contribution in [0.3, 0.4) is 0 Å². The molecular weight excluding hydrogens is 429 g/mol. The van der Waals surface area contributed by atoms with Crippen LogP contribution in [0.25, 0.3) is 16.9 Å². The largest absolute Gasteiger partial charge is 0.416 e. The van der Waals surface area contributed by atoms with Crippen molar-refractivity contribution in [3.05, 3.63) is 52.1 Å². The lowest BCUT2D eigenvalue weighted by Crippen LogP contribution is -2.10. The molecule has 12 heteroatoms. The van der Waals surface area contributed by atoms with Crippen LogP contribution in [-0.2, 0) is 12.6 Å². The van der Waals surface area contributed by atoms with E-state index in [9.17, 15) is 13.2 Å². The number of hydrogen-bond acceptors (Lipinski definition) is 8. The van der Waals surface area contributed by atoms with Crippen LogP contribution in [0, 0.1) is 11.3 Å². The second kappa shape index (κ2) is 8.19. The molecule has 158 valence electrons. The predicted octanol–water partition coefficient (Wildman–Crippen LogP) is 3.77. The zero-order valence-electron chi connectivity index (χ0n) is 15.9. The zero-order valence-corrected chi connectivity index (χ0v) is 16.7. The molecule has 0 atom stereocenters. The normalized spacial score (nSPS) is 11.5. The standard InChI is InChI=1S/C19H15F3N8S/c20-19(21,22)12-5-3-11(4-6-12)13-8-15-26-10-27-30(15)18(28-13)25-7-1-2-16-29-17(24)14(9-23)31-16/h3-6,8,10H,1-2,7,24H2,(H,25,28). The van der Waals surface area contributed by atoms with E-state index in [4.69, 9.17) is 11.0 Å². The molecule has 3 aromatic heterocycles. The molecule has 0 amide bonds. The van der Waals surface area contributed by atoms with Crippen molar-refractivity contribution < 1.29 is 13.2 Å². The lowest BCUT2D eigenvalue weighted by Gasteiger charge is -2.10. The number of nitrogens with zero attached hydrogens (tertiary/aromatic N) is 6. The Balaban J connectivity index is 1.50. The summed E-state index contributed by atoms with van der Waals surface area (Å²) >= 11 is 1.26. The molecule has 8 nitrogen and oxygen atoms in total. The average Bonchev–Trinajstić information content (AvgIpc) is 3.36. The zero-order chi connectivity index (χ0) is 22.0. The molecular formula is C19H15F3N8S. The molecule has 0 aliphatic rings. The van der Waals surface area contributed by atoms with Gasteiger partial charge in [0, 0.05) is 24.6 Å². The minimum Gasteiger partial charge on any atom is -0.382 e. The van der Waals surface area contributed by atoms with Crippen LogP contribution < -0.4 is 11.1 Å². The van der Waals surface area contributed by atoms with Crippen molar-refractivity contribution in [3.8, 4) is 17.3 Å². The van der Waals surface area contributed by atoms with Gasteiger partial charge in [0.05, 0.1) is 16.3 Å². The number of rotatable bonds is 6. The first-order chi connectivity index (χ1) is 14.8. The molecule has 1 aromatic carbocycles. The van der Waals surface area contributed by atoms with Crippen LogP contribution in [0.4, 0.5) is 24.9 Å². The Kier molecular flexibility index (Phi) is 5.43. The second-order valence-corrected chi connectivity index (χ2v) is 7.62. The van der Waals surface area contributed by atoms with E-state index in [-0.39, 0.29) is 5.82 Å². The number of nitrogen functional groups attached to an aromatic ring is 1. The number of halogens is 3. The van der Waals surface area contributed by atoms with Crippen molar-refractivity contribution in [2.24, 2.45) is 0 Å². The minimum absolute atomic E-state index is 0.241. The van der Waals surface area contributed by atoms with Gasteiger partial charge in [-0.2, -0.15) is 28.0 Å². The minimum atomic E-state index is -4.40. The molecule has 31 heavy (non-hydrogen) atoms. The fraction of sp³-hybridized carbons (Fsp3) is 0.211. The van der Waals surface area contributed by atoms with E-state index in [0.29, 0.717) is 47.1 Å². The maximum Gasteiger partial charge on any atom is 0.416 e. The highest BCUT2D eigenvalue weighted by Gasteiger charge is 2.30. The van der Waals surface area contributed by atoms with Gasteiger partial charge in [0.1, 0.15) is 17.3 Å². The Bertz CT molecular complexity index is 1250. The Labute approximate surface area is 178 Å². The van der Waals surface area contributed by atoms with E-state index in [1.165, 1.54) is 34.3 Å². The summed E-state index contributed by atoms with van der Waals surface area (Å²) < 4.78 is 40.0. The van der Waals surface area contributed by atoms with E-state index in [2.05, 4.69) is 25.4 Å². The third-order valence-corrected chi connectivity index (χ3v) is 5.46. The van der Waals surface area contributed by atoms with Gasteiger partial charge < -0.3 is 11.1 Å². The van der Waals surface area contributed by atoms with E-state index >= 15 is 0 Å². The van der Waals surface area contributed by atoms with Crippen molar-refractivity contribution in [1.82, 2.24) is 24.6 Å². The molecule has 0 fully saturated rings. The van der Waals surface area contributed by atoms with Crippen LogP contribution in [0.15, 0.2) is 36.7 Å². The van der Waals surface area contributed by atoms with Crippen molar-refractivity contribution in [2.45, 2.75) is 19.0 Å². The summed E-state index contributed by atoms with van der Waals surface area (Å²) in [5, 5.41) is 17.0. The van der Waals surface area contributed by atoms with Gasteiger partial charge in [-0.15, -0.1) is 11.3 Å². The number of aryl methyl sites for hydroxylation is 1. The smallest absolute Gasteiger partial charge is 0.382 e. The van der Waals surface area contributed by atoms with Gasteiger partial charge >= 0.3 is 6.18 Å². The maximum atomic E-state index is 12.8. The fourth-order valence-corrected chi connectivity index (χ4v) is 3.75. The average molecular weight is 444 g/mol. The summed E-state index contributed by atoms with van der Waals surface area (Å²) in [4.78, 5) is 13.2. The quantitative estimate of drug-likeness (QED) is 0.435. The number of nitrogens with one attached hydrogen (secondary N) is 1. The van der Waals surface area contributed by atoms with Gasteiger partial charge in [-0.25, -0.2) is 15.0 Å². The molecule has 0 unspecified atom stereocenters. The summed E-state index contributed by atoms with van der Waals surface area (Å²) in [6.07, 6.45) is -1.70. The van der Waals surface area contributed by atoms with Crippen molar-refractivity contribution >= 4 is 28.8 Å². The van der Waals surface area contributed by atoms with Crippen molar-refractivity contribution in [3.63, 3.8) is 0 Å². The SMILES string of the molecule is N#Cc1sc(CCCNc2nc(-c3ccc(C(F)(F)F)cc3)cc3ncnn23)nc1N. The summed E-state index contributed by atoms with van der Waals surface area (Å²) in [7, 11) is 0. The monoisotopic (exact) mass is 444 g/mol. The number of benzene rings is 1. The Morgan fingerprint density at radius 1 is 1.19 bits per heavy atom. The molecule has 0 aliphatic heterocycles. The van der Waals surface area contributed by atoms with E-state index in [0.717, 1.165) is 17.1 Å². The molecule has 0 saturated carbocycles. The first kappa shape index (κ1) is 20.5. The summed E-state index contributed by atoms with van der Waals surface area (Å²) in [5.74, 6) is 0.659. The lowest BCUT2D eigenvalue weighted by atomic mass is 10.1. The maximum absolute atomic E-state index is 12.8. The molecule has 3 N–H and O–H groups in total. The van der Waals surface area contributed by atoms with E-state index in [1.54, 1.807) is 6.07 Å². The third kappa shape index (κ3) is 4.41. The summed E-state index contributed by atoms with van der Waals surface area (Å²) in [6.45, 7) is 0.528. The molecule has 0 radical (unpaired) electrons. The summed E-state index contributed by atoms with van der Waals surface area (Å²) in [5.41, 5.74) is 6.47. The molecule has 0 spiro atoms. The number of thiazole rings is 1. The number of hydrogen-bond donors (Lipinski definition) is 2. The highest BCUT2D eigenvalue weighted by molar-refractivity contribution is 7.12. The first-order valence-corrected chi connectivity index (χ1v) is 9.94. The Morgan fingerprint density at radius 2 is 1.97 bits per heavy atom. The van der Waals surface area contributed by atoms with Crippen LogP contribution >= 0.6 is 11.3 Å². The Morgan fingerprint density at radius 3 is 2.65 bits per heavy atom. The van der Waals surface area contributed by atoms with Crippen LogP contribution in [0.5, 0.6) is 0 Å². The van der Waals surface area contributed by atoms with Gasteiger partial charge in [-0.1, -0.05) is 12.1 Å². The number of nitriles is 1. The second-order valence-electron chi connectivity index (χ2n) is 6.53. The molecule has 4 rings (SSSR count). The third-order valence-electron chi connectivity index (χ3n) is 4.42. The highest BCUT2D eigenvalue weighted by atomic mass is 32.1. The van der Waals surface area contributed by atoms with Gasteiger partial charge in [0.2, 0.25) is 5.95 Å². The lowest BCUT2D eigenvalue weighted by molar-refractivity contribution is -0.137. The molecule has 0 aliphatic carbocycles. The topological polar surface area (TPSA) is 118 Å². The van der Waals surface area contributed by atoms with E-state index < -0.39 is 11.7 Å². The van der Waals surface area contributed by atoms with Gasteiger partial charge in [0.25, 0.3) is 0 Å². The first-order valence-electron chi connectivity index (χ1n) is 9.12. The molecule has 0 saturated heterocycles. The van der Waals surface area contributed by atoms with Crippen LogP contribution in [0.1, 0.15) is 21.9 Å². The van der Waals surface area contributed by atoms with Crippen LogP contribution in [-0.4, -0.2) is 31.1 Å². The number of alkyl halides is 3. The fourth-order valence-electron chi connectivity index (χ4n) is 2.93.